The van der Waals surface area contributed by atoms with Gasteiger partial charge < -0.3 is 15.5 Å². The Labute approximate surface area is 165 Å². The molecular formula is C21H26ClN3O2. The van der Waals surface area contributed by atoms with E-state index in [4.69, 9.17) is 11.6 Å². The Balaban J connectivity index is 1.84. The number of nitrogens with one attached hydrogen (secondary N) is 2. The number of anilines is 1. The van der Waals surface area contributed by atoms with E-state index in [1.54, 1.807) is 7.05 Å². The van der Waals surface area contributed by atoms with Crippen molar-refractivity contribution in [1.82, 2.24) is 10.2 Å². The number of carbonyl (C=O) groups is 2. The fourth-order valence-corrected chi connectivity index (χ4v) is 3.05. The normalized spacial score (nSPS) is 11.7. The molecule has 0 aliphatic heterocycles. The topological polar surface area (TPSA) is 61.4 Å². The predicted molar refractivity (Wildman–Crippen MR) is 110 cm³/mol. The highest BCUT2D eigenvalue weighted by Crippen LogP contribution is 2.21. The van der Waals surface area contributed by atoms with Crippen molar-refractivity contribution in [2.24, 2.45) is 0 Å². The summed E-state index contributed by atoms with van der Waals surface area (Å²) in [5, 5.41) is 6.69. The number of para-hydroxylation sites is 1. The van der Waals surface area contributed by atoms with Crippen LogP contribution in [0.3, 0.4) is 0 Å². The minimum absolute atomic E-state index is 0.000956. The smallest absolute Gasteiger partial charge is 0.243 e. The molecule has 1 atom stereocenters. The summed E-state index contributed by atoms with van der Waals surface area (Å²) in [5.41, 5.74) is 2.79. The molecule has 2 aromatic carbocycles. The number of carbonyl (C=O) groups excluding carboxylic acids is 2. The molecule has 2 N–H and O–H groups in total. The number of amides is 2. The van der Waals surface area contributed by atoms with Gasteiger partial charge in [0, 0.05) is 23.8 Å². The van der Waals surface area contributed by atoms with Gasteiger partial charge in [-0.2, -0.15) is 0 Å². The Kier molecular flexibility index (Phi) is 7.82. The summed E-state index contributed by atoms with van der Waals surface area (Å²) in [6, 6.07) is 15.1. The summed E-state index contributed by atoms with van der Waals surface area (Å²) >= 11 is 6.18. The minimum atomic E-state index is -0.217. The van der Waals surface area contributed by atoms with Crippen LogP contribution in [0.4, 0.5) is 5.69 Å². The number of benzene rings is 2. The molecule has 0 radical (unpaired) electrons. The molecule has 5 nitrogen and oxygen atoms in total. The van der Waals surface area contributed by atoms with Crippen LogP contribution >= 0.6 is 11.6 Å². The third-order valence-corrected chi connectivity index (χ3v) is 4.75. The number of hydrogen-bond donors (Lipinski definition) is 2. The van der Waals surface area contributed by atoms with E-state index in [1.165, 1.54) is 4.90 Å². The van der Waals surface area contributed by atoms with Gasteiger partial charge in [-0.05, 0) is 36.6 Å². The van der Waals surface area contributed by atoms with E-state index in [0.717, 1.165) is 23.2 Å². The molecule has 0 unspecified atom stereocenters. The average molecular weight is 388 g/mol. The number of nitrogens with zero attached hydrogens (tertiary/aromatic N) is 1. The number of halogens is 1. The van der Waals surface area contributed by atoms with Crippen molar-refractivity contribution in [3.05, 3.63) is 64.7 Å². The molecule has 0 spiro atoms. The highest BCUT2D eigenvalue weighted by Gasteiger charge is 2.16. The maximum absolute atomic E-state index is 12.3. The standard InChI is InChI=1S/C21H26ClN3O2/c1-4-16-9-5-8-12-19(16)24-20(26)14-25(3)21(27)13-23-15(2)17-10-6-7-11-18(17)22/h5-12,15,23H,4,13-14H2,1-3H3,(H,24,26)/t15-/m1/s1. The van der Waals surface area contributed by atoms with E-state index in [9.17, 15) is 9.59 Å². The zero-order valence-corrected chi connectivity index (χ0v) is 16.7. The lowest BCUT2D eigenvalue weighted by Gasteiger charge is -2.20. The Bertz CT molecular complexity index is 795. The Hall–Kier alpha value is -2.37. The average Bonchev–Trinajstić information content (AvgIpc) is 2.66. The van der Waals surface area contributed by atoms with E-state index in [1.807, 2.05) is 62.4 Å². The second-order valence-electron chi connectivity index (χ2n) is 6.43. The van der Waals surface area contributed by atoms with E-state index in [-0.39, 0.29) is 30.9 Å². The van der Waals surface area contributed by atoms with Crippen LogP contribution in [0.5, 0.6) is 0 Å². The van der Waals surface area contributed by atoms with Crippen LogP contribution < -0.4 is 10.6 Å². The van der Waals surface area contributed by atoms with Crippen molar-refractivity contribution in [3.63, 3.8) is 0 Å². The summed E-state index contributed by atoms with van der Waals surface area (Å²) in [6.07, 6.45) is 0.828. The molecule has 27 heavy (non-hydrogen) atoms. The van der Waals surface area contributed by atoms with Gasteiger partial charge >= 0.3 is 0 Å². The van der Waals surface area contributed by atoms with Gasteiger partial charge in [0.25, 0.3) is 0 Å². The zero-order chi connectivity index (χ0) is 19.8. The van der Waals surface area contributed by atoms with E-state index < -0.39 is 0 Å². The lowest BCUT2D eigenvalue weighted by molar-refractivity contribution is -0.132. The Morgan fingerprint density at radius 1 is 1.11 bits per heavy atom. The van der Waals surface area contributed by atoms with Gasteiger partial charge in [0.1, 0.15) is 0 Å². The third-order valence-electron chi connectivity index (χ3n) is 4.41. The Morgan fingerprint density at radius 2 is 1.78 bits per heavy atom. The molecule has 0 saturated heterocycles. The minimum Gasteiger partial charge on any atom is -0.335 e. The van der Waals surface area contributed by atoms with Gasteiger partial charge in [-0.25, -0.2) is 0 Å². The molecule has 0 heterocycles. The molecule has 0 bridgehead atoms. The fraction of sp³-hybridized carbons (Fsp3) is 0.333. The van der Waals surface area contributed by atoms with Crippen LogP contribution in [-0.4, -0.2) is 36.9 Å². The molecule has 0 aliphatic carbocycles. The van der Waals surface area contributed by atoms with Gasteiger partial charge in [0.05, 0.1) is 13.1 Å². The first-order valence-electron chi connectivity index (χ1n) is 9.02. The third kappa shape index (κ3) is 6.08. The number of likely N-dealkylation sites (N-methyl/N-ethyl adjacent to an activating group) is 1. The predicted octanol–water partition coefficient (Wildman–Crippen LogP) is 3.65. The van der Waals surface area contributed by atoms with Crippen LogP contribution in [-0.2, 0) is 16.0 Å². The highest BCUT2D eigenvalue weighted by atomic mass is 35.5. The van der Waals surface area contributed by atoms with Gasteiger partial charge in [-0.3, -0.25) is 9.59 Å². The molecular weight excluding hydrogens is 362 g/mol. The van der Waals surface area contributed by atoms with Crippen molar-refractivity contribution in [2.45, 2.75) is 26.3 Å². The molecule has 0 aromatic heterocycles. The molecule has 0 aliphatic rings. The van der Waals surface area contributed by atoms with E-state index in [0.29, 0.717) is 5.02 Å². The largest absolute Gasteiger partial charge is 0.335 e. The molecule has 0 fully saturated rings. The second-order valence-corrected chi connectivity index (χ2v) is 6.84. The van der Waals surface area contributed by atoms with Gasteiger partial charge in [-0.15, -0.1) is 0 Å². The van der Waals surface area contributed by atoms with Crippen molar-refractivity contribution >= 4 is 29.1 Å². The van der Waals surface area contributed by atoms with Crippen molar-refractivity contribution in [3.8, 4) is 0 Å². The number of rotatable bonds is 8. The first kappa shape index (κ1) is 20.9. The number of hydrogen-bond acceptors (Lipinski definition) is 3. The van der Waals surface area contributed by atoms with Crippen molar-refractivity contribution in [1.29, 1.82) is 0 Å². The molecule has 2 amide bonds. The van der Waals surface area contributed by atoms with Crippen LogP contribution in [0.15, 0.2) is 48.5 Å². The molecule has 6 heteroatoms. The number of aryl methyl sites for hydroxylation is 1. The summed E-state index contributed by atoms with van der Waals surface area (Å²) in [7, 11) is 1.62. The lowest BCUT2D eigenvalue weighted by atomic mass is 10.1. The summed E-state index contributed by atoms with van der Waals surface area (Å²) in [4.78, 5) is 26.0. The quantitative estimate of drug-likeness (QED) is 0.726. The fourth-order valence-electron chi connectivity index (χ4n) is 2.76. The second kappa shape index (κ2) is 10.1. The van der Waals surface area contributed by atoms with Gasteiger partial charge in [-0.1, -0.05) is 54.9 Å². The molecule has 0 saturated carbocycles. The van der Waals surface area contributed by atoms with Crippen LogP contribution in [0, 0.1) is 0 Å². The summed E-state index contributed by atoms with van der Waals surface area (Å²) < 4.78 is 0. The SMILES string of the molecule is CCc1ccccc1NC(=O)CN(C)C(=O)CN[C@H](C)c1ccccc1Cl. The van der Waals surface area contributed by atoms with Gasteiger partial charge in [0.15, 0.2) is 0 Å². The maximum atomic E-state index is 12.3. The highest BCUT2D eigenvalue weighted by molar-refractivity contribution is 6.31. The van der Waals surface area contributed by atoms with E-state index in [2.05, 4.69) is 10.6 Å². The zero-order valence-electron chi connectivity index (χ0n) is 16.0. The molecule has 144 valence electrons. The van der Waals surface area contributed by atoms with Crippen LogP contribution in [0.25, 0.3) is 0 Å². The first-order chi connectivity index (χ1) is 12.9. The van der Waals surface area contributed by atoms with Crippen molar-refractivity contribution in [2.75, 3.05) is 25.5 Å². The van der Waals surface area contributed by atoms with Crippen LogP contribution in [0.1, 0.15) is 31.0 Å². The first-order valence-corrected chi connectivity index (χ1v) is 9.39. The monoisotopic (exact) mass is 387 g/mol. The lowest BCUT2D eigenvalue weighted by Crippen LogP contribution is -2.40. The van der Waals surface area contributed by atoms with E-state index >= 15 is 0 Å². The molecule has 2 rings (SSSR count). The van der Waals surface area contributed by atoms with Crippen LogP contribution in [0.2, 0.25) is 5.02 Å². The molecule has 2 aromatic rings. The summed E-state index contributed by atoms with van der Waals surface area (Å²) in [6.45, 7) is 4.11. The maximum Gasteiger partial charge on any atom is 0.243 e. The Morgan fingerprint density at radius 3 is 2.48 bits per heavy atom. The van der Waals surface area contributed by atoms with Gasteiger partial charge in [0.2, 0.25) is 11.8 Å². The summed E-state index contributed by atoms with van der Waals surface area (Å²) in [5.74, 6) is -0.376. The van der Waals surface area contributed by atoms with Crippen molar-refractivity contribution < 1.29 is 9.59 Å².